The number of aromatic nitrogens is 4. The Morgan fingerprint density at radius 1 is 1.09 bits per heavy atom. The first-order valence-corrected chi connectivity index (χ1v) is 11.9. The van der Waals surface area contributed by atoms with Gasteiger partial charge < -0.3 is 14.7 Å². The zero-order valence-corrected chi connectivity index (χ0v) is 18.7. The van der Waals surface area contributed by atoms with Crippen molar-refractivity contribution in [3.05, 3.63) is 36.7 Å². The molecule has 0 saturated carbocycles. The maximum absolute atomic E-state index is 12.9. The third-order valence-corrected chi connectivity index (χ3v) is 6.53. The lowest BCUT2D eigenvalue weighted by atomic mass is 10.2. The number of aryl methyl sites for hydroxylation is 1. The number of rotatable bonds is 9. The van der Waals surface area contributed by atoms with Crippen LogP contribution >= 0.6 is 0 Å². The number of benzene rings is 1. The van der Waals surface area contributed by atoms with Crippen molar-refractivity contribution in [3.63, 3.8) is 0 Å². The van der Waals surface area contributed by atoms with Crippen molar-refractivity contribution in [2.24, 2.45) is 7.05 Å². The van der Waals surface area contributed by atoms with E-state index in [0.29, 0.717) is 43.2 Å². The van der Waals surface area contributed by atoms with E-state index in [2.05, 4.69) is 19.7 Å². The van der Waals surface area contributed by atoms with Crippen molar-refractivity contribution in [3.8, 4) is 0 Å². The Morgan fingerprint density at radius 2 is 1.81 bits per heavy atom. The second kappa shape index (κ2) is 9.77. The van der Waals surface area contributed by atoms with E-state index in [0.717, 1.165) is 19.6 Å². The summed E-state index contributed by atoms with van der Waals surface area (Å²) in [5.41, 5.74) is 1.31. The molecule has 0 aliphatic carbocycles. The average molecular weight is 462 g/mol. The number of piperazine rings is 1. The maximum atomic E-state index is 12.9. The molecular weight excluding hydrogens is 434 g/mol. The number of ether oxygens (including phenoxy) is 1. The third kappa shape index (κ3) is 5.15. The summed E-state index contributed by atoms with van der Waals surface area (Å²) in [7, 11) is -2.20. The van der Waals surface area contributed by atoms with Gasteiger partial charge in [0.05, 0.1) is 37.1 Å². The van der Waals surface area contributed by atoms with Crippen molar-refractivity contribution >= 4 is 32.7 Å². The molecule has 172 valence electrons. The van der Waals surface area contributed by atoms with E-state index in [1.54, 1.807) is 13.1 Å². The number of nitrogens with one attached hydrogen (secondary N) is 1. The van der Waals surface area contributed by atoms with E-state index in [1.165, 1.54) is 17.1 Å². The molecule has 0 radical (unpaired) electrons. The van der Waals surface area contributed by atoms with Gasteiger partial charge in [-0.3, -0.25) is 14.3 Å². The monoisotopic (exact) mass is 461 g/mol. The van der Waals surface area contributed by atoms with Gasteiger partial charge in [-0.25, -0.2) is 18.4 Å². The molecule has 32 heavy (non-hydrogen) atoms. The van der Waals surface area contributed by atoms with Gasteiger partial charge in [0.2, 0.25) is 0 Å². The van der Waals surface area contributed by atoms with Gasteiger partial charge in [-0.1, -0.05) is 12.1 Å². The van der Waals surface area contributed by atoms with Crippen molar-refractivity contribution in [2.75, 3.05) is 62.2 Å². The number of aliphatic hydroxyl groups excluding tert-OH is 1. The molecule has 0 amide bonds. The Kier molecular flexibility index (Phi) is 6.84. The highest BCUT2D eigenvalue weighted by molar-refractivity contribution is 7.92. The van der Waals surface area contributed by atoms with Crippen molar-refractivity contribution < 1.29 is 18.3 Å². The molecule has 4 rings (SSSR count). The highest BCUT2D eigenvalue weighted by atomic mass is 32.2. The minimum absolute atomic E-state index is 0.0200. The summed E-state index contributed by atoms with van der Waals surface area (Å²) in [5, 5.41) is 12.8. The van der Waals surface area contributed by atoms with Crippen LogP contribution in [0.5, 0.6) is 0 Å². The smallest absolute Gasteiger partial charge is 0.266 e. The van der Waals surface area contributed by atoms with Crippen molar-refractivity contribution in [2.45, 2.75) is 4.90 Å². The predicted molar refractivity (Wildman–Crippen MR) is 120 cm³/mol. The van der Waals surface area contributed by atoms with E-state index in [9.17, 15) is 8.42 Å². The second-order valence-electron chi connectivity index (χ2n) is 7.50. The highest BCUT2D eigenvalue weighted by Gasteiger charge is 2.25. The van der Waals surface area contributed by atoms with Gasteiger partial charge in [0, 0.05) is 46.0 Å². The van der Waals surface area contributed by atoms with Gasteiger partial charge in [0.1, 0.15) is 4.90 Å². The van der Waals surface area contributed by atoms with Gasteiger partial charge in [-0.15, -0.1) is 0 Å². The first-order chi connectivity index (χ1) is 15.5. The van der Waals surface area contributed by atoms with Crippen LogP contribution in [0.1, 0.15) is 0 Å². The molecule has 12 heteroatoms. The Balaban J connectivity index is 1.56. The Morgan fingerprint density at radius 3 is 2.47 bits per heavy atom. The quantitative estimate of drug-likeness (QED) is 0.433. The lowest BCUT2D eigenvalue weighted by Crippen LogP contribution is -2.48. The second-order valence-corrected chi connectivity index (χ2v) is 9.19. The van der Waals surface area contributed by atoms with Crippen LogP contribution < -0.4 is 9.62 Å². The van der Waals surface area contributed by atoms with Crippen LogP contribution in [-0.4, -0.2) is 90.7 Å². The Bertz CT molecular complexity index is 1160. The van der Waals surface area contributed by atoms with E-state index in [-0.39, 0.29) is 17.3 Å². The third-order valence-electron chi connectivity index (χ3n) is 5.23. The molecule has 0 bridgehead atoms. The van der Waals surface area contributed by atoms with E-state index in [1.807, 2.05) is 23.1 Å². The molecule has 1 aliphatic heterocycles. The number of para-hydroxylation sites is 2. The van der Waals surface area contributed by atoms with Gasteiger partial charge >= 0.3 is 0 Å². The zero-order chi connectivity index (χ0) is 22.6. The molecule has 11 nitrogen and oxygen atoms in total. The number of anilines is 2. The van der Waals surface area contributed by atoms with Crippen molar-refractivity contribution in [1.82, 2.24) is 24.6 Å². The number of hydrogen-bond acceptors (Lipinski definition) is 9. The van der Waals surface area contributed by atoms with Gasteiger partial charge in [0.25, 0.3) is 10.0 Å². The number of aliphatic hydroxyl groups is 1. The topological polar surface area (TPSA) is 126 Å². The lowest BCUT2D eigenvalue weighted by Gasteiger charge is -2.35. The van der Waals surface area contributed by atoms with E-state index < -0.39 is 10.0 Å². The van der Waals surface area contributed by atoms with Crippen LogP contribution in [0.25, 0.3) is 11.0 Å². The molecule has 1 aromatic carbocycles. The molecule has 1 aliphatic rings. The fraction of sp³-hybridized carbons (Fsp3) is 0.450. The van der Waals surface area contributed by atoms with E-state index >= 15 is 0 Å². The fourth-order valence-corrected chi connectivity index (χ4v) is 4.53. The molecule has 2 N–H and O–H groups in total. The van der Waals surface area contributed by atoms with Gasteiger partial charge in [0.15, 0.2) is 11.6 Å². The summed E-state index contributed by atoms with van der Waals surface area (Å²) in [6.07, 6.45) is 2.74. The normalized spacial score (nSPS) is 15.4. The Labute approximate surface area is 186 Å². The van der Waals surface area contributed by atoms with E-state index in [4.69, 9.17) is 14.8 Å². The fourth-order valence-electron chi connectivity index (χ4n) is 3.55. The molecular formula is C20H27N7O4S. The SMILES string of the molecule is Cn1cc(S(=O)(=O)Nc2nc3ccccc3nc2N2CCN(CCOCCO)CC2)cn1. The zero-order valence-electron chi connectivity index (χ0n) is 17.9. The summed E-state index contributed by atoms with van der Waals surface area (Å²) in [4.78, 5) is 13.7. The van der Waals surface area contributed by atoms with Gasteiger partial charge in [-0.05, 0) is 12.1 Å². The number of sulfonamides is 1. The summed E-state index contributed by atoms with van der Waals surface area (Å²) in [6, 6.07) is 7.39. The van der Waals surface area contributed by atoms with Crippen LogP contribution in [0.3, 0.4) is 0 Å². The first kappa shape index (κ1) is 22.4. The van der Waals surface area contributed by atoms with Crippen LogP contribution in [0, 0.1) is 0 Å². The molecule has 2 aromatic heterocycles. The highest BCUT2D eigenvalue weighted by Crippen LogP contribution is 2.28. The van der Waals surface area contributed by atoms with Crippen molar-refractivity contribution in [1.29, 1.82) is 0 Å². The summed E-state index contributed by atoms with van der Waals surface area (Å²) < 4.78 is 35.2. The lowest BCUT2D eigenvalue weighted by molar-refractivity contribution is 0.0724. The number of nitrogens with zero attached hydrogens (tertiary/aromatic N) is 6. The predicted octanol–water partition coefficient (Wildman–Crippen LogP) is 0.295. The molecule has 0 spiro atoms. The molecule has 0 unspecified atom stereocenters. The molecule has 3 aromatic rings. The standard InChI is InChI=1S/C20H27N7O4S/c1-25-15-16(14-21-25)32(29,30)24-19-20(23-18-5-3-2-4-17(18)22-19)27-8-6-26(7-9-27)10-12-31-13-11-28/h2-5,14-15,28H,6-13H2,1H3,(H,22,24). The summed E-state index contributed by atoms with van der Waals surface area (Å²) in [5.74, 6) is 0.708. The van der Waals surface area contributed by atoms with Crippen LogP contribution in [0.15, 0.2) is 41.6 Å². The maximum Gasteiger partial charge on any atom is 0.266 e. The van der Waals surface area contributed by atoms with Crippen LogP contribution in [0.2, 0.25) is 0 Å². The summed E-state index contributed by atoms with van der Waals surface area (Å²) in [6.45, 7) is 4.62. The van der Waals surface area contributed by atoms with Gasteiger partial charge in [-0.2, -0.15) is 5.10 Å². The average Bonchev–Trinajstić information content (AvgIpc) is 3.24. The van der Waals surface area contributed by atoms with Crippen LogP contribution in [0.4, 0.5) is 11.6 Å². The number of fused-ring (bicyclic) bond motifs is 1. The summed E-state index contributed by atoms with van der Waals surface area (Å²) >= 11 is 0. The van der Waals surface area contributed by atoms with Crippen LogP contribution in [-0.2, 0) is 21.8 Å². The molecule has 3 heterocycles. The first-order valence-electron chi connectivity index (χ1n) is 10.4. The molecule has 1 saturated heterocycles. The minimum atomic E-state index is -3.86. The minimum Gasteiger partial charge on any atom is -0.394 e. The molecule has 1 fully saturated rings. The number of hydrogen-bond donors (Lipinski definition) is 2. The Hall–Kier alpha value is -2.80. The molecule has 0 atom stereocenters. The largest absolute Gasteiger partial charge is 0.394 e.